The van der Waals surface area contributed by atoms with E-state index >= 15 is 0 Å². The molecule has 1 aliphatic carbocycles. The van der Waals surface area contributed by atoms with Crippen molar-refractivity contribution in [2.45, 2.75) is 52.2 Å². The van der Waals surface area contributed by atoms with Crippen LogP contribution >= 0.6 is 24.0 Å². The standard InChI is InChI=1S/C22H25ClN6O.ClH/c1-12-9-19(28-13(2)27-12)30-15-5-3-14(4-6-15)20-17(23)7-8-24-21-16-10-25-26-11-18(16)29-22(20)21;/h7,9,11,14-15,24,29H,3-6,8,10H2,1-2H3;1H/t14-,15-;. The zero-order valence-electron chi connectivity index (χ0n) is 17.6. The Morgan fingerprint density at radius 3 is 2.71 bits per heavy atom. The van der Waals surface area contributed by atoms with Gasteiger partial charge in [0.05, 0.1) is 29.1 Å². The number of fused-ring (bicyclic) bond motifs is 3. The van der Waals surface area contributed by atoms with Gasteiger partial charge < -0.3 is 15.0 Å². The van der Waals surface area contributed by atoms with Gasteiger partial charge in [-0.1, -0.05) is 11.6 Å². The quantitative estimate of drug-likeness (QED) is 0.726. The molecule has 2 N–H and O–H groups in total. The Labute approximate surface area is 192 Å². The monoisotopic (exact) mass is 460 g/mol. The summed E-state index contributed by atoms with van der Waals surface area (Å²) in [6.07, 6.45) is 8.02. The largest absolute Gasteiger partial charge is 0.474 e. The summed E-state index contributed by atoms with van der Waals surface area (Å²) in [6, 6.07) is 1.91. The maximum atomic E-state index is 6.77. The fourth-order valence-electron chi connectivity index (χ4n) is 4.69. The second-order valence-electron chi connectivity index (χ2n) is 8.14. The molecule has 5 rings (SSSR count). The normalized spacial score (nSPS) is 22.2. The Morgan fingerprint density at radius 2 is 1.94 bits per heavy atom. The van der Waals surface area contributed by atoms with Gasteiger partial charge >= 0.3 is 0 Å². The highest BCUT2D eigenvalue weighted by Gasteiger charge is 2.29. The first-order valence-electron chi connectivity index (χ1n) is 10.5. The molecule has 0 saturated heterocycles. The predicted molar refractivity (Wildman–Crippen MR) is 124 cm³/mol. The fraction of sp³-hybridized carbons (Fsp3) is 0.455. The Hall–Kier alpha value is -2.38. The lowest BCUT2D eigenvalue weighted by atomic mass is 9.82. The number of anilines is 1. The van der Waals surface area contributed by atoms with E-state index in [2.05, 4.69) is 36.6 Å². The van der Waals surface area contributed by atoms with Gasteiger partial charge in [-0.2, -0.15) is 15.2 Å². The topological polar surface area (TPSA) is 87.5 Å². The number of rotatable bonds is 3. The molecule has 0 aromatic carbocycles. The molecule has 2 aliphatic heterocycles. The Bertz CT molecular complexity index is 1140. The number of nitrogens with one attached hydrogen (secondary N) is 2. The van der Waals surface area contributed by atoms with E-state index in [1.54, 1.807) is 6.20 Å². The van der Waals surface area contributed by atoms with Crippen LogP contribution in [0.25, 0.3) is 11.8 Å². The fourth-order valence-corrected chi connectivity index (χ4v) is 5.02. The summed E-state index contributed by atoms with van der Waals surface area (Å²) in [5, 5.41) is 14.7. The van der Waals surface area contributed by atoms with Crippen LogP contribution < -0.4 is 20.8 Å². The number of aromatic amines is 1. The Kier molecular flexibility index (Phi) is 6.34. The molecule has 3 aliphatic rings. The van der Waals surface area contributed by atoms with Gasteiger partial charge in [0.2, 0.25) is 5.88 Å². The molecule has 164 valence electrons. The van der Waals surface area contributed by atoms with Crippen molar-refractivity contribution in [3.63, 3.8) is 0 Å². The number of H-pyrrole nitrogens is 1. The number of azo groups is 1. The average Bonchev–Trinajstić information content (AvgIpc) is 2.98. The Morgan fingerprint density at radius 1 is 1.13 bits per heavy atom. The molecule has 9 heteroatoms. The maximum absolute atomic E-state index is 6.77. The Balaban J connectivity index is 0.00000231. The summed E-state index contributed by atoms with van der Waals surface area (Å²) < 4.78 is 6.18. The third-order valence-corrected chi connectivity index (χ3v) is 6.39. The number of hydrogen-bond donors (Lipinski definition) is 2. The second-order valence-corrected chi connectivity index (χ2v) is 8.55. The van der Waals surface area contributed by atoms with Gasteiger partial charge in [0, 0.05) is 28.9 Å². The number of allylic oxidation sites excluding steroid dienone is 1. The average molecular weight is 461 g/mol. The third-order valence-electron chi connectivity index (χ3n) is 6.03. The lowest BCUT2D eigenvalue weighted by Crippen LogP contribution is -2.28. The first-order valence-corrected chi connectivity index (χ1v) is 10.9. The molecule has 7 nitrogen and oxygen atoms in total. The van der Waals surface area contributed by atoms with E-state index in [1.807, 2.05) is 19.9 Å². The summed E-state index contributed by atoms with van der Waals surface area (Å²) in [5.74, 6) is 1.81. The summed E-state index contributed by atoms with van der Waals surface area (Å²) >= 11 is 6.77. The minimum absolute atomic E-state index is 0. The highest BCUT2D eigenvalue weighted by molar-refractivity contribution is 6.36. The first-order chi connectivity index (χ1) is 14.6. The van der Waals surface area contributed by atoms with Crippen LogP contribution in [-0.2, 0) is 6.54 Å². The first kappa shape index (κ1) is 21.8. The molecule has 31 heavy (non-hydrogen) atoms. The van der Waals surface area contributed by atoms with E-state index in [1.165, 1.54) is 11.1 Å². The number of ether oxygens (including phenoxy) is 1. The van der Waals surface area contributed by atoms with Gasteiger partial charge in [-0.05, 0) is 57.1 Å². The van der Waals surface area contributed by atoms with Gasteiger partial charge in [-0.25, -0.2) is 4.98 Å². The van der Waals surface area contributed by atoms with Crippen molar-refractivity contribution in [2.24, 2.45) is 16.1 Å². The zero-order chi connectivity index (χ0) is 20.7. The van der Waals surface area contributed by atoms with Crippen LogP contribution in [0.1, 0.15) is 42.8 Å². The van der Waals surface area contributed by atoms with Crippen molar-refractivity contribution in [1.82, 2.24) is 15.0 Å². The van der Waals surface area contributed by atoms with Crippen molar-refractivity contribution < 1.29 is 4.74 Å². The van der Waals surface area contributed by atoms with Gasteiger partial charge in [-0.15, -0.1) is 12.4 Å². The number of aryl methyl sites for hydroxylation is 2. The van der Waals surface area contributed by atoms with Crippen molar-refractivity contribution in [1.29, 1.82) is 0 Å². The molecule has 0 bridgehead atoms. The van der Waals surface area contributed by atoms with E-state index in [4.69, 9.17) is 16.3 Å². The summed E-state index contributed by atoms with van der Waals surface area (Å²) in [4.78, 5) is 12.3. The van der Waals surface area contributed by atoms with Crippen LogP contribution in [-0.4, -0.2) is 27.6 Å². The van der Waals surface area contributed by atoms with E-state index in [-0.39, 0.29) is 18.5 Å². The van der Waals surface area contributed by atoms with E-state index < -0.39 is 0 Å². The second kappa shape index (κ2) is 9.01. The van der Waals surface area contributed by atoms with Gasteiger partial charge in [-0.3, -0.25) is 0 Å². The van der Waals surface area contributed by atoms with Crippen LogP contribution in [0.4, 0.5) is 5.69 Å². The lowest BCUT2D eigenvalue weighted by Gasteiger charge is -2.30. The third kappa shape index (κ3) is 4.34. The van der Waals surface area contributed by atoms with Gasteiger partial charge in [0.15, 0.2) is 0 Å². The van der Waals surface area contributed by atoms with Crippen molar-refractivity contribution in [2.75, 3.05) is 11.9 Å². The molecule has 0 unspecified atom stereocenters. The van der Waals surface area contributed by atoms with E-state index in [0.717, 1.165) is 58.6 Å². The van der Waals surface area contributed by atoms with E-state index in [0.29, 0.717) is 24.9 Å². The number of nitrogens with zero attached hydrogens (tertiary/aromatic N) is 4. The van der Waals surface area contributed by atoms with Crippen LogP contribution in [0, 0.1) is 19.8 Å². The molecule has 2 aromatic rings. The van der Waals surface area contributed by atoms with Gasteiger partial charge in [0.1, 0.15) is 11.9 Å². The van der Waals surface area contributed by atoms with E-state index in [9.17, 15) is 0 Å². The van der Waals surface area contributed by atoms with Crippen LogP contribution in [0.5, 0.6) is 5.88 Å². The van der Waals surface area contributed by atoms with Crippen molar-refractivity contribution in [3.8, 4) is 5.88 Å². The highest BCUT2D eigenvalue weighted by Crippen LogP contribution is 2.37. The minimum atomic E-state index is 0. The predicted octanol–water partition coefficient (Wildman–Crippen LogP) is 3.88. The number of aromatic nitrogens is 3. The molecule has 1 fully saturated rings. The maximum Gasteiger partial charge on any atom is 0.217 e. The molecule has 0 radical (unpaired) electrons. The molecular weight excluding hydrogens is 435 g/mol. The summed E-state index contributed by atoms with van der Waals surface area (Å²) in [6.45, 7) is 5.16. The minimum Gasteiger partial charge on any atom is -0.474 e. The summed E-state index contributed by atoms with van der Waals surface area (Å²) in [7, 11) is 0. The molecule has 2 aromatic heterocycles. The van der Waals surface area contributed by atoms with Crippen molar-refractivity contribution >= 4 is 41.5 Å². The molecule has 0 amide bonds. The smallest absolute Gasteiger partial charge is 0.217 e. The SMILES string of the molecule is Cc1cc(O[C@H]2CC[C@H](C3=c4[nH]c5c(c4NCC=C3Cl)CN=NC=5)CC2)nc(C)n1.Cl. The van der Waals surface area contributed by atoms with Crippen LogP contribution in [0.2, 0.25) is 0 Å². The molecule has 4 heterocycles. The molecule has 1 saturated carbocycles. The molecule has 0 atom stereocenters. The van der Waals surface area contributed by atoms with Crippen molar-refractivity contribution in [3.05, 3.63) is 45.0 Å². The van der Waals surface area contributed by atoms with Gasteiger partial charge in [0.25, 0.3) is 0 Å². The number of halogens is 2. The zero-order valence-corrected chi connectivity index (χ0v) is 19.2. The summed E-state index contributed by atoms with van der Waals surface area (Å²) in [5.41, 5.74) is 4.42. The number of hydrogen-bond acceptors (Lipinski definition) is 6. The van der Waals surface area contributed by atoms with Crippen LogP contribution in [0.15, 0.2) is 27.4 Å². The van der Waals surface area contributed by atoms with Crippen LogP contribution in [0.3, 0.4) is 0 Å². The molecule has 0 spiro atoms. The highest BCUT2D eigenvalue weighted by atomic mass is 35.5. The lowest BCUT2D eigenvalue weighted by molar-refractivity contribution is 0.136. The molecular formula is C22H26Cl2N6O.